The smallest absolute Gasteiger partial charge is 0.248 e. The second-order valence-electron chi connectivity index (χ2n) is 7.23. The van der Waals surface area contributed by atoms with E-state index in [4.69, 9.17) is 4.74 Å². The Hall–Kier alpha value is -3.30. The molecule has 0 aliphatic heterocycles. The first-order valence-corrected chi connectivity index (χ1v) is 9.39. The van der Waals surface area contributed by atoms with Crippen LogP contribution < -0.4 is 10.1 Å². The molecule has 0 spiro atoms. The Morgan fingerprint density at radius 2 is 2.07 bits per heavy atom. The van der Waals surface area contributed by atoms with Gasteiger partial charge in [0.1, 0.15) is 5.65 Å². The van der Waals surface area contributed by atoms with Crippen molar-refractivity contribution < 1.29 is 13.5 Å². The van der Waals surface area contributed by atoms with Crippen LogP contribution in [-0.4, -0.2) is 48.4 Å². The van der Waals surface area contributed by atoms with Crippen molar-refractivity contribution in [2.45, 2.75) is 37.6 Å². The zero-order chi connectivity index (χ0) is 20.0. The lowest BCUT2D eigenvalue weighted by Crippen LogP contribution is -2.32. The number of aromatic amines is 1. The molecule has 0 saturated heterocycles. The molecule has 4 aromatic rings. The summed E-state index contributed by atoms with van der Waals surface area (Å²) in [6, 6.07) is -0.0842. The molecule has 5 rings (SSSR count). The number of hydrogen-bond donors (Lipinski definition) is 2. The lowest BCUT2D eigenvalue weighted by atomic mass is 9.92. The third kappa shape index (κ3) is 3.24. The molecule has 8 nitrogen and oxygen atoms in total. The predicted molar refractivity (Wildman–Crippen MR) is 103 cm³/mol. The summed E-state index contributed by atoms with van der Waals surface area (Å²) in [4.78, 5) is 20.6. The third-order valence-electron chi connectivity index (χ3n) is 5.30. The number of ether oxygens (including phenoxy) is 1. The van der Waals surface area contributed by atoms with E-state index >= 15 is 0 Å². The van der Waals surface area contributed by atoms with E-state index < -0.39 is 5.92 Å². The molecule has 0 atom stereocenters. The Morgan fingerprint density at radius 3 is 2.86 bits per heavy atom. The number of anilines is 1. The topological polar surface area (TPSA) is 93.0 Å². The van der Waals surface area contributed by atoms with Crippen LogP contribution in [-0.2, 0) is 0 Å². The number of methoxy groups -OCH3 is 1. The van der Waals surface area contributed by atoms with Crippen molar-refractivity contribution in [3.8, 4) is 17.0 Å². The number of hydrogen-bond acceptors (Lipinski definition) is 6. The molecule has 1 fully saturated rings. The van der Waals surface area contributed by atoms with Crippen LogP contribution >= 0.6 is 0 Å². The maximum atomic E-state index is 13.4. The van der Waals surface area contributed by atoms with E-state index in [2.05, 4.69) is 30.2 Å². The van der Waals surface area contributed by atoms with Crippen molar-refractivity contribution in [1.29, 1.82) is 0 Å². The summed E-state index contributed by atoms with van der Waals surface area (Å²) in [5.74, 6) is -1.19. The summed E-state index contributed by atoms with van der Waals surface area (Å²) < 4.78 is 34.1. The van der Waals surface area contributed by atoms with Crippen LogP contribution in [0.15, 0.2) is 31.0 Å². The maximum absolute atomic E-state index is 13.4. The first kappa shape index (κ1) is 17.8. The average molecular weight is 399 g/mol. The molecule has 150 valence electrons. The quantitative estimate of drug-likeness (QED) is 0.544. The van der Waals surface area contributed by atoms with Gasteiger partial charge in [0.05, 0.1) is 12.5 Å². The van der Waals surface area contributed by atoms with E-state index in [1.54, 1.807) is 19.5 Å². The van der Waals surface area contributed by atoms with E-state index in [9.17, 15) is 8.78 Å². The standard InChI is InChI=1S/C19H19F2N7O/c1-29-16-14-13(11-8-24-18-22-6-7-28(18)10-11)9-23-15(14)26-17(27-16)25-12-2-4-19(20,21)5-3-12/h6-10,12H,2-5H2,1H3,(H2,23,25,26,27). The van der Waals surface area contributed by atoms with Crippen LogP contribution in [0.2, 0.25) is 0 Å². The minimum atomic E-state index is -2.57. The molecule has 0 aromatic carbocycles. The van der Waals surface area contributed by atoms with E-state index in [1.165, 1.54) is 0 Å². The van der Waals surface area contributed by atoms with Crippen LogP contribution in [0.1, 0.15) is 25.7 Å². The number of alkyl halides is 2. The Bertz CT molecular complexity index is 1180. The molecule has 2 N–H and O–H groups in total. The zero-order valence-corrected chi connectivity index (χ0v) is 15.7. The van der Waals surface area contributed by atoms with Crippen molar-refractivity contribution in [2.75, 3.05) is 12.4 Å². The van der Waals surface area contributed by atoms with Gasteiger partial charge in [0.15, 0.2) is 0 Å². The molecule has 1 aliphatic carbocycles. The first-order valence-electron chi connectivity index (χ1n) is 9.39. The van der Waals surface area contributed by atoms with Gasteiger partial charge in [-0.05, 0) is 12.8 Å². The highest BCUT2D eigenvalue weighted by molar-refractivity contribution is 5.97. The number of rotatable bonds is 4. The molecule has 1 aliphatic rings. The number of nitrogens with one attached hydrogen (secondary N) is 2. The largest absolute Gasteiger partial charge is 0.480 e. The molecular formula is C19H19F2N7O. The van der Waals surface area contributed by atoms with Crippen molar-refractivity contribution >= 4 is 22.8 Å². The predicted octanol–water partition coefficient (Wildman–Crippen LogP) is 3.67. The van der Waals surface area contributed by atoms with E-state index in [0.29, 0.717) is 36.1 Å². The van der Waals surface area contributed by atoms with Gasteiger partial charge < -0.3 is 15.0 Å². The number of fused-ring (bicyclic) bond motifs is 2. The summed E-state index contributed by atoms with van der Waals surface area (Å²) in [7, 11) is 1.54. The molecule has 0 radical (unpaired) electrons. The van der Waals surface area contributed by atoms with Gasteiger partial charge in [0.2, 0.25) is 23.5 Å². The fraction of sp³-hybridized carbons (Fsp3) is 0.368. The average Bonchev–Trinajstić information content (AvgIpc) is 3.35. The van der Waals surface area contributed by atoms with Gasteiger partial charge in [-0.3, -0.25) is 4.40 Å². The van der Waals surface area contributed by atoms with Crippen LogP contribution in [0.5, 0.6) is 5.88 Å². The van der Waals surface area contributed by atoms with Crippen molar-refractivity contribution in [3.05, 3.63) is 31.0 Å². The van der Waals surface area contributed by atoms with Gasteiger partial charge in [0.25, 0.3) is 0 Å². The third-order valence-corrected chi connectivity index (χ3v) is 5.30. The summed E-state index contributed by atoms with van der Waals surface area (Å²) in [6.45, 7) is 0. The van der Waals surface area contributed by atoms with E-state index in [1.807, 2.05) is 23.0 Å². The number of nitrogens with zero attached hydrogens (tertiary/aromatic N) is 5. The number of H-pyrrole nitrogens is 1. The van der Waals surface area contributed by atoms with Gasteiger partial charge in [0, 0.05) is 61.0 Å². The second kappa shape index (κ2) is 6.64. The Labute approximate surface area is 164 Å². The van der Waals surface area contributed by atoms with Crippen LogP contribution in [0.25, 0.3) is 27.9 Å². The van der Waals surface area contributed by atoms with E-state index in [-0.39, 0.29) is 18.9 Å². The van der Waals surface area contributed by atoms with Crippen molar-refractivity contribution in [2.24, 2.45) is 0 Å². The van der Waals surface area contributed by atoms with Crippen molar-refractivity contribution in [1.82, 2.24) is 29.3 Å². The van der Waals surface area contributed by atoms with E-state index in [0.717, 1.165) is 16.5 Å². The minimum Gasteiger partial charge on any atom is -0.480 e. The SMILES string of the molecule is COc1nc(NC2CCC(F)(F)CC2)nc2[nH]cc(-c3cnc4nccn4c3)c12. The fourth-order valence-corrected chi connectivity index (χ4v) is 3.76. The summed E-state index contributed by atoms with van der Waals surface area (Å²) in [5.41, 5.74) is 2.31. The highest BCUT2D eigenvalue weighted by Crippen LogP contribution is 2.36. The van der Waals surface area contributed by atoms with Gasteiger partial charge in [-0.1, -0.05) is 0 Å². The molecule has 4 heterocycles. The normalized spacial score (nSPS) is 17.1. The second-order valence-corrected chi connectivity index (χ2v) is 7.23. The zero-order valence-electron chi connectivity index (χ0n) is 15.7. The Balaban J connectivity index is 1.49. The fourth-order valence-electron chi connectivity index (χ4n) is 3.76. The molecule has 1 saturated carbocycles. The van der Waals surface area contributed by atoms with Gasteiger partial charge in [-0.15, -0.1) is 0 Å². The summed E-state index contributed by atoms with van der Waals surface area (Å²) >= 11 is 0. The Kier molecular flexibility index (Phi) is 4.07. The van der Waals surface area contributed by atoms with Crippen LogP contribution in [0.3, 0.4) is 0 Å². The Morgan fingerprint density at radius 1 is 1.24 bits per heavy atom. The monoisotopic (exact) mass is 399 g/mol. The molecule has 29 heavy (non-hydrogen) atoms. The highest BCUT2D eigenvalue weighted by atomic mass is 19.3. The van der Waals surface area contributed by atoms with Gasteiger partial charge in [-0.25, -0.2) is 18.7 Å². The van der Waals surface area contributed by atoms with Crippen LogP contribution in [0, 0.1) is 0 Å². The number of halogens is 2. The number of aromatic nitrogens is 6. The lowest BCUT2D eigenvalue weighted by molar-refractivity contribution is -0.0361. The molecular weight excluding hydrogens is 380 g/mol. The molecule has 0 unspecified atom stereocenters. The molecule has 10 heteroatoms. The van der Waals surface area contributed by atoms with Crippen molar-refractivity contribution in [3.63, 3.8) is 0 Å². The molecule has 4 aromatic heterocycles. The minimum absolute atomic E-state index is 0.0842. The first-order chi connectivity index (χ1) is 14.0. The van der Waals surface area contributed by atoms with Gasteiger partial charge >= 0.3 is 0 Å². The van der Waals surface area contributed by atoms with Gasteiger partial charge in [-0.2, -0.15) is 9.97 Å². The summed E-state index contributed by atoms with van der Waals surface area (Å²) in [5, 5.41) is 3.91. The number of imidazole rings is 1. The molecule has 0 bridgehead atoms. The lowest BCUT2D eigenvalue weighted by Gasteiger charge is -2.28. The maximum Gasteiger partial charge on any atom is 0.248 e. The molecule has 0 amide bonds. The van der Waals surface area contributed by atoms with Crippen LogP contribution in [0.4, 0.5) is 14.7 Å². The highest BCUT2D eigenvalue weighted by Gasteiger charge is 2.35. The summed E-state index contributed by atoms with van der Waals surface area (Å²) in [6.07, 6.45) is 9.50.